The van der Waals surface area contributed by atoms with Gasteiger partial charge in [-0.1, -0.05) is 18.6 Å². The summed E-state index contributed by atoms with van der Waals surface area (Å²) in [6, 6.07) is 7.19. The molecule has 0 saturated heterocycles. The molecule has 0 saturated carbocycles. The molecule has 0 atom stereocenters. The third kappa shape index (κ3) is 8.24. The highest BCUT2D eigenvalue weighted by Gasteiger charge is 2.27. The zero-order valence-corrected chi connectivity index (χ0v) is 18.0. The van der Waals surface area contributed by atoms with Crippen molar-refractivity contribution in [3.8, 4) is 0 Å². The molecule has 0 aliphatic heterocycles. The first-order valence-electron chi connectivity index (χ1n) is 9.56. The molecular weight excluding hydrogens is 362 g/mol. The molecule has 152 valence electrons. The molecule has 1 N–H and O–H groups in total. The lowest BCUT2D eigenvalue weighted by atomic mass is 10.0. The molecular formula is C21H33NO4S. The smallest absolute Gasteiger partial charge is 0.251 e. The second kappa shape index (κ2) is 10.0. The van der Waals surface area contributed by atoms with Crippen molar-refractivity contribution >= 4 is 21.5 Å². The van der Waals surface area contributed by atoms with Crippen molar-refractivity contribution < 1.29 is 18.0 Å². The fourth-order valence-corrected chi connectivity index (χ4v) is 3.78. The fourth-order valence-electron chi connectivity index (χ4n) is 2.58. The predicted molar refractivity (Wildman–Crippen MR) is 110 cm³/mol. The second-order valence-corrected chi connectivity index (χ2v) is 11.1. The van der Waals surface area contributed by atoms with Crippen molar-refractivity contribution in [3.63, 3.8) is 0 Å². The average molecular weight is 396 g/mol. The van der Waals surface area contributed by atoms with Gasteiger partial charge in [0.05, 0.1) is 10.5 Å². The largest absolute Gasteiger partial charge is 0.350 e. The molecule has 0 unspecified atom stereocenters. The Bertz CT molecular complexity index is 746. The van der Waals surface area contributed by atoms with Crippen LogP contribution in [-0.2, 0) is 21.1 Å². The Morgan fingerprint density at radius 3 is 2.33 bits per heavy atom. The van der Waals surface area contributed by atoms with E-state index in [4.69, 9.17) is 0 Å². The van der Waals surface area contributed by atoms with Gasteiger partial charge in [-0.15, -0.1) is 0 Å². The summed E-state index contributed by atoms with van der Waals surface area (Å²) in [6.45, 7) is 8.93. The van der Waals surface area contributed by atoms with Gasteiger partial charge in [-0.2, -0.15) is 0 Å². The molecule has 0 heterocycles. The first kappa shape index (κ1) is 23.3. The van der Waals surface area contributed by atoms with Crippen LogP contribution in [0.2, 0.25) is 0 Å². The summed E-state index contributed by atoms with van der Waals surface area (Å²) in [6.07, 6.45) is 2.71. The van der Waals surface area contributed by atoms with Crippen LogP contribution in [0.1, 0.15) is 76.2 Å². The molecule has 1 aromatic carbocycles. The molecule has 0 aliphatic rings. The van der Waals surface area contributed by atoms with E-state index >= 15 is 0 Å². The van der Waals surface area contributed by atoms with Gasteiger partial charge in [-0.3, -0.25) is 9.59 Å². The molecule has 27 heavy (non-hydrogen) atoms. The minimum Gasteiger partial charge on any atom is -0.350 e. The van der Waals surface area contributed by atoms with Crippen LogP contribution in [0.15, 0.2) is 24.3 Å². The summed E-state index contributed by atoms with van der Waals surface area (Å²) < 4.78 is 23.4. The average Bonchev–Trinajstić information content (AvgIpc) is 2.53. The third-order valence-corrected chi connectivity index (χ3v) is 7.00. The molecule has 0 aromatic heterocycles. The van der Waals surface area contributed by atoms with E-state index in [0.717, 1.165) is 12.0 Å². The van der Waals surface area contributed by atoms with Crippen molar-refractivity contribution in [3.05, 3.63) is 35.4 Å². The van der Waals surface area contributed by atoms with Gasteiger partial charge in [0.25, 0.3) is 5.91 Å². The minimum atomic E-state index is -3.09. The van der Waals surface area contributed by atoms with Gasteiger partial charge in [0, 0.05) is 24.4 Å². The van der Waals surface area contributed by atoms with Gasteiger partial charge in [0.15, 0.2) is 9.84 Å². The van der Waals surface area contributed by atoms with Crippen molar-refractivity contribution in [1.82, 2.24) is 5.32 Å². The summed E-state index contributed by atoms with van der Waals surface area (Å²) in [5.41, 5.74) is 1.38. The number of amides is 1. The number of unbranched alkanes of at least 4 members (excludes halogenated alkanes) is 2. The number of rotatable bonds is 10. The van der Waals surface area contributed by atoms with Crippen LogP contribution in [0.4, 0.5) is 0 Å². The number of carbonyl (C=O) groups is 2. The molecule has 0 spiro atoms. The minimum absolute atomic E-state index is 0.0601. The highest BCUT2D eigenvalue weighted by atomic mass is 32.2. The number of nitrogens with one attached hydrogen (secondary N) is 1. The lowest BCUT2D eigenvalue weighted by Gasteiger charge is -2.18. The molecule has 1 rings (SSSR count). The SMILES string of the molecule is CC(C)NC(=O)c1cccc(CC(=O)CCCCCS(=O)(=O)C(C)(C)C)c1. The molecule has 1 amide bonds. The lowest BCUT2D eigenvalue weighted by Crippen LogP contribution is -2.30. The molecule has 0 fully saturated rings. The fraction of sp³-hybridized carbons (Fsp3) is 0.619. The Balaban J connectivity index is 2.42. The van der Waals surface area contributed by atoms with Gasteiger partial charge in [0.2, 0.25) is 0 Å². The quantitative estimate of drug-likeness (QED) is 0.613. The molecule has 1 aromatic rings. The van der Waals surface area contributed by atoms with Crippen LogP contribution in [0.25, 0.3) is 0 Å². The summed E-state index contributed by atoms with van der Waals surface area (Å²) >= 11 is 0. The van der Waals surface area contributed by atoms with E-state index in [1.807, 2.05) is 19.9 Å². The summed E-state index contributed by atoms with van der Waals surface area (Å²) in [5, 5.41) is 2.84. The zero-order chi connectivity index (χ0) is 20.7. The van der Waals surface area contributed by atoms with E-state index in [-0.39, 0.29) is 23.5 Å². The van der Waals surface area contributed by atoms with E-state index in [0.29, 0.717) is 31.2 Å². The van der Waals surface area contributed by atoms with Gasteiger partial charge in [-0.05, 0) is 65.2 Å². The summed E-state index contributed by atoms with van der Waals surface area (Å²) in [5.74, 6) is 0.131. The van der Waals surface area contributed by atoms with Gasteiger partial charge in [0.1, 0.15) is 5.78 Å². The molecule has 0 radical (unpaired) electrons. The lowest BCUT2D eigenvalue weighted by molar-refractivity contribution is -0.118. The number of carbonyl (C=O) groups excluding carboxylic acids is 2. The Morgan fingerprint density at radius 2 is 1.74 bits per heavy atom. The van der Waals surface area contributed by atoms with Crippen LogP contribution < -0.4 is 5.32 Å². The second-order valence-electron chi connectivity index (χ2n) is 8.29. The van der Waals surface area contributed by atoms with Crippen LogP contribution in [0, 0.1) is 0 Å². The molecule has 0 bridgehead atoms. The van der Waals surface area contributed by atoms with Crippen molar-refractivity contribution in [2.45, 2.75) is 77.5 Å². The Labute approximate surface area is 163 Å². The van der Waals surface area contributed by atoms with E-state index in [1.165, 1.54) is 0 Å². The zero-order valence-electron chi connectivity index (χ0n) is 17.2. The number of ketones is 1. The van der Waals surface area contributed by atoms with Gasteiger partial charge >= 0.3 is 0 Å². The summed E-state index contributed by atoms with van der Waals surface area (Å²) in [4.78, 5) is 24.2. The van der Waals surface area contributed by atoms with Crippen LogP contribution in [-0.4, -0.2) is 36.6 Å². The monoisotopic (exact) mass is 395 g/mol. The third-order valence-electron chi connectivity index (χ3n) is 4.31. The van der Waals surface area contributed by atoms with Crippen molar-refractivity contribution in [2.24, 2.45) is 0 Å². The standard InChI is InChI=1S/C21H33NO4S/c1-16(2)22-20(24)18-11-9-10-17(14-18)15-19(23)12-7-6-8-13-27(25,26)21(3,4)5/h9-11,14,16H,6-8,12-13,15H2,1-5H3,(H,22,24). The van der Waals surface area contributed by atoms with Crippen molar-refractivity contribution in [2.75, 3.05) is 5.75 Å². The predicted octanol–water partition coefficient (Wildman–Crippen LogP) is 3.71. The van der Waals surface area contributed by atoms with Gasteiger partial charge in [-0.25, -0.2) is 8.42 Å². The first-order valence-corrected chi connectivity index (χ1v) is 11.2. The number of hydrogen-bond acceptors (Lipinski definition) is 4. The Kier molecular flexibility index (Phi) is 8.66. The number of benzene rings is 1. The van der Waals surface area contributed by atoms with Crippen molar-refractivity contribution in [1.29, 1.82) is 0 Å². The molecule has 6 heteroatoms. The molecule has 5 nitrogen and oxygen atoms in total. The van der Waals surface area contributed by atoms with E-state index < -0.39 is 14.6 Å². The van der Waals surface area contributed by atoms with Gasteiger partial charge < -0.3 is 5.32 Å². The number of sulfone groups is 1. The highest BCUT2D eigenvalue weighted by molar-refractivity contribution is 7.92. The Hall–Kier alpha value is -1.69. The Morgan fingerprint density at radius 1 is 1.07 bits per heavy atom. The van der Waals surface area contributed by atoms with Crippen LogP contribution in [0.5, 0.6) is 0 Å². The highest BCUT2D eigenvalue weighted by Crippen LogP contribution is 2.18. The first-order chi connectivity index (χ1) is 12.4. The maximum Gasteiger partial charge on any atom is 0.251 e. The molecule has 0 aliphatic carbocycles. The summed E-state index contributed by atoms with van der Waals surface area (Å²) in [7, 11) is -3.09. The number of Topliss-reactive ketones (excluding diaryl/α,β-unsaturated/α-hetero) is 1. The maximum atomic E-state index is 12.2. The van der Waals surface area contributed by atoms with E-state index in [1.54, 1.807) is 39.0 Å². The normalized spacial score (nSPS) is 12.2. The number of hydrogen-bond donors (Lipinski definition) is 1. The van der Waals surface area contributed by atoms with Crippen LogP contribution in [0.3, 0.4) is 0 Å². The topological polar surface area (TPSA) is 80.3 Å². The van der Waals surface area contributed by atoms with Crippen LogP contribution >= 0.6 is 0 Å². The maximum absolute atomic E-state index is 12.2. The van der Waals surface area contributed by atoms with E-state index in [2.05, 4.69) is 5.32 Å². The van der Waals surface area contributed by atoms with E-state index in [9.17, 15) is 18.0 Å².